The largest absolute Gasteiger partial charge is 0.507 e. The standard InChI is InChI=1S/C13H10O5S/c14-12-9-5-4-8-11(12)13(15)18-19(16,17)10-6-2-1-3-7-10/h1-9,14H. The van der Waals surface area contributed by atoms with Gasteiger partial charge >= 0.3 is 16.1 Å². The Labute approximate surface area is 110 Å². The molecule has 2 rings (SSSR count). The zero-order chi connectivity index (χ0) is 13.9. The molecule has 19 heavy (non-hydrogen) atoms. The van der Waals surface area contributed by atoms with Gasteiger partial charge in [-0.1, -0.05) is 30.3 Å². The molecule has 2 aromatic carbocycles. The Morgan fingerprint density at radius 3 is 2.16 bits per heavy atom. The summed E-state index contributed by atoms with van der Waals surface area (Å²) in [5.41, 5.74) is -0.206. The molecule has 0 atom stereocenters. The molecule has 6 heteroatoms. The van der Waals surface area contributed by atoms with Gasteiger partial charge in [-0.2, -0.15) is 8.42 Å². The zero-order valence-corrected chi connectivity index (χ0v) is 10.5. The maximum Gasteiger partial charge on any atom is 0.357 e. The first-order valence-corrected chi connectivity index (χ1v) is 6.73. The molecule has 0 saturated heterocycles. The van der Waals surface area contributed by atoms with Gasteiger partial charge in [0.05, 0.1) is 0 Å². The number of phenols is 1. The SMILES string of the molecule is O=C(OS(=O)(=O)c1ccccc1)c1ccccc1O. The highest BCUT2D eigenvalue weighted by Gasteiger charge is 2.22. The van der Waals surface area contributed by atoms with Crippen molar-refractivity contribution in [2.45, 2.75) is 4.90 Å². The molecule has 0 unspecified atom stereocenters. The molecular weight excluding hydrogens is 268 g/mol. The highest BCUT2D eigenvalue weighted by Crippen LogP contribution is 2.19. The van der Waals surface area contributed by atoms with Crippen molar-refractivity contribution in [2.75, 3.05) is 0 Å². The van der Waals surface area contributed by atoms with E-state index in [-0.39, 0.29) is 16.2 Å². The van der Waals surface area contributed by atoms with Crippen molar-refractivity contribution in [1.82, 2.24) is 0 Å². The van der Waals surface area contributed by atoms with Crippen LogP contribution in [0.5, 0.6) is 5.75 Å². The van der Waals surface area contributed by atoms with Gasteiger partial charge in [0.15, 0.2) is 0 Å². The summed E-state index contributed by atoms with van der Waals surface area (Å²) in [6, 6.07) is 12.8. The third-order valence-corrected chi connectivity index (χ3v) is 3.56. The second-order valence-electron chi connectivity index (χ2n) is 3.66. The van der Waals surface area contributed by atoms with Gasteiger partial charge in [-0.3, -0.25) is 0 Å². The maximum absolute atomic E-state index is 11.8. The lowest BCUT2D eigenvalue weighted by molar-refractivity contribution is 0.0743. The second kappa shape index (κ2) is 5.11. The smallest absolute Gasteiger partial charge is 0.357 e. The lowest BCUT2D eigenvalue weighted by atomic mass is 10.2. The van der Waals surface area contributed by atoms with Crippen molar-refractivity contribution in [2.24, 2.45) is 0 Å². The summed E-state index contributed by atoms with van der Waals surface area (Å²) in [5.74, 6) is -1.46. The van der Waals surface area contributed by atoms with Crippen LogP contribution < -0.4 is 0 Å². The van der Waals surface area contributed by atoms with E-state index in [0.29, 0.717) is 0 Å². The Hall–Kier alpha value is -2.34. The van der Waals surface area contributed by atoms with E-state index in [1.165, 1.54) is 48.5 Å². The minimum absolute atomic E-state index is 0.126. The molecule has 0 aliphatic carbocycles. The van der Waals surface area contributed by atoms with Gasteiger partial charge in [-0.15, -0.1) is 0 Å². The fourth-order valence-electron chi connectivity index (χ4n) is 1.43. The quantitative estimate of drug-likeness (QED) is 0.868. The first kappa shape index (κ1) is 13.1. The molecule has 98 valence electrons. The van der Waals surface area contributed by atoms with Gasteiger partial charge in [-0.25, -0.2) is 4.79 Å². The summed E-state index contributed by atoms with van der Waals surface area (Å²) in [7, 11) is -4.19. The predicted octanol–water partition coefficient (Wildman–Crippen LogP) is 1.94. The molecule has 0 saturated carbocycles. The number of hydrogen-bond acceptors (Lipinski definition) is 5. The number of carbonyl (C=O) groups is 1. The number of rotatable bonds is 3. The van der Waals surface area contributed by atoms with Crippen molar-refractivity contribution in [3.63, 3.8) is 0 Å². The van der Waals surface area contributed by atoms with E-state index in [9.17, 15) is 18.3 Å². The van der Waals surface area contributed by atoms with Crippen LogP contribution in [0.3, 0.4) is 0 Å². The van der Waals surface area contributed by atoms with E-state index in [1.807, 2.05) is 0 Å². The predicted molar refractivity (Wildman–Crippen MR) is 67.2 cm³/mol. The van der Waals surface area contributed by atoms with E-state index >= 15 is 0 Å². The average Bonchev–Trinajstić information content (AvgIpc) is 2.39. The molecule has 0 aliphatic heterocycles. The molecule has 0 aliphatic rings. The van der Waals surface area contributed by atoms with Gasteiger partial charge in [0.25, 0.3) is 0 Å². The first-order chi connectivity index (χ1) is 9.00. The first-order valence-electron chi connectivity index (χ1n) is 5.32. The van der Waals surface area contributed by atoms with Gasteiger partial charge in [0, 0.05) is 0 Å². The Kier molecular flexibility index (Phi) is 3.52. The summed E-state index contributed by atoms with van der Waals surface area (Å²) in [6.45, 7) is 0. The van der Waals surface area contributed by atoms with E-state index in [1.54, 1.807) is 6.07 Å². The van der Waals surface area contributed by atoms with Crippen molar-refractivity contribution < 1.29 is 22.5 Å². The van der Waals surface area contributed by atoms with Crippen LogP contribution in [0, 0.1) is 0 Å². The Balaban J connectivity index is 2.27. The van der Waals surface area contributed by atoms with Gasteiger partial charge in [0.2, 0.25) is 0 Å². The molecule has 0 radical (unpaired) electrons. The topological polar surface area (TPSA) is 80.7 Å². The molecule has 0 heterocycles. The van der Waals surface area contributed by atoms with Crippen LogP contribution in [0.4, 0.5) is 0 Å². The molecule has 2 aromatic rings. The zero-order valence-electron chi connectivity index (χ0n) is 9.68. The van der Waals surface area contributed by atoms with Crippen LogP contribution in [0.15, 0.2) is 59.5 Å². The number of para-hydroxylation sites is 1. The van der Waals surface area contributed by atoms with Crippen LogP contribution in [0.25, 0.3) is 0 Å². The van der Waals surface area contributed by atoms with E-state index in [0.717, 1.165) is 0 Å². The average molecular weight is 278 g/mol. The highest BCUT2D eigenvalue weighted by atomic mass is 32.2. The maximum atomic E-state index is 11.8. The summed E-state index contributed by atoms with van der Waals surface area (Å²) in [4.78, 5) is 11.6. The summed E-state index contributed by atoms with van der Waals surface area (Å²) >= 11 is 0. The van der Waals surface area contributed by atoms with Gasteiger partial charge in [-0.05, 0) is 24.3 Å². The summed E-state index contributed by atoms with van der Waals surface area (Å²) in [6.07, 6.45) is 0. The lowest BCUT2D eigenvalue weighted by Gasteiger charge is -2.06. The van der Waals surface area contributed by atoms with Crippen LogP contribution in [-0.4, -0.2) is 19.5 Å². The normalized spacial score (nSPS) is 10.9. The fraction of sp³-hybridized carbons (Fsp3) is 0. The van der Waals surface area contributed by atoms with Crippen LogP contribution >= 0.6 is 0 Å². The Morgan fingerprint density at radius 1 is 0.947 bits per heavy atom. The van der Waals surface area contributed by atoms with Crippen LogP contribution in [-0.2, 0) is 14.3 Å². The number of aromatic hydroxyl groups is 1. The Bertz CT molecular complexity index is 692. The van der Waals surface area contributed by atoms with Gasteiger partial charge in [0.1, 0.15) is 16.2 Å². The van der Waals surface area contributed by atoms with Crippen LogP contribution in [0.2, 0.25) is 0 Å². The molecule has 5 nitrogen and oxygen atoms in total. The number of phenolic OH excluding ortho intramolecular Hbond substituents is 1. The number of carbonyl (C=O) groups excluding carboxylic acids is 1. The number of hydrogen-bond donors (Lipinski definition) is 1. The van der Waals surface area contributed by atoms with Gasteiger partial charge < -0.3 is 9.29 Å². The van der Waals surface area contributed by atoms with Crippen molar-refractivity contribution in [3.8, 4) is 5.75 Å². The van der Waals surface area contributed by atoms with E-state index in [2.05, 4.69) is 4.18 Å². The van der Waals surface area contributed by atoms with E-state index < -0.39 is 16.1 Å². The highest BCUT2D eigenvalue weighted by molar-refractivity contribution is 7.87. The lowest BCUT2D eigenvalue weighted by Crippen LogP contribution is -2.13. The summed E-state index contributed by atoms with van der Waals surface area (Å²) < 4.78 is 28.1. The van der Waals surface area contributed by atoms with Crippen LogP contribution in [0.1, 0.15) is 10.4 Å². The minimum Gasteiger partial charge on any atom is -0.507 e. The van der Waals surface area contributed by atoms with Crippen molar-refractivity contribution >= 4 is 16.1 Å². The molecule has 0 spiro atoms. The molecular formula is C13H10O5S. The molecule has 0 aromatic heterocycles. The Morgan fingerprint density at radius 2 is 1.53 bits per heavy atom. The fourth-order valence-corrected chi connectivity index (χ4v) is 2.30. The minimum atomic E-state index is -4.19. The molecule has 0 amide bonds. The molecule has 1 N–H and O–H groups in total. The summed E-state index contributed by atoms with van der Waals surface area (Å²) in [5, 5.41) is 9.45. The number of benzene rings is 2. The van der Waals surface area contributed by atoms with Crippen molar-refractivity contribution in [3.05, 3.63) is 60.2 Å². The monoisotopic (exact) mass is 278 g/mol. The second-order valence-corrected chi connectivity index (χ2v) is 5.20. The van der Waals surface area contributed by atoms with Crippen molar-refractivity contribution in [1.29, 1.82) is 0 Å². The molecule has 0 bridgehead atoms. The third-order valence-electron chi connectivity index (χ3n) is 2.34. The third kappa shape index (κ3) is 2.92. The molecule has 0 fully saturated rings. The van der Waals surface area contributed by atoms with E-state index in [4.69, 9.17) is 0 Å².